The van der Waals surface area contributed by atoms with E-state index < -0.39 is 18.1 Å². The topological polar surface area (TPSA) is 110 Å². The number of amides is 1. The predicted octanol–water partition coefficient (Wildman–Crippen LogP) is 2.12. The SMILES string of the molecule is C[C@H](CCc1ccccc1)[C@@H](N)C(O)c1ccc(O)c(C(N)=O)c1. The second-order valence-corrected chi connectivity index (χ2v) is 6.16. The first-order valence-electron chi connectivity index (χ1n) is 8.00. The van der Waals surface area contributed by atoms with Gasteiger partial charge in [0.2, 0.25) is 0 Å². The molecule has 2 aromatic carbocycles. The van der Waals surface area contributed by atoms with Gasteiger partial charge in [0.05, 0.1) is 11.7 Å². The predicted molar refractivity (Wildman–Crippen MR) is 93.5 cm³/mol. The number of aliphatic hydroxyl groups is 1. The fourth-order valence-electron chi connectivity index (χ4n) is 2.70. The fraction of sp³-hybridized carbons (Fsp3) is 0.316. The van der Waals surface area contributed by atoms with Crippen LogP contribution >= 0.6 is 0 Å². The van der Waals surface area contributed by atoms with Crippen molar-refractivity contribution >= 4 is 5.91 Å². The average molecular weight is 328 g/mol. The molecule has 1 unspecified atom stereocenters. The molecule has 0 radical (unpaired) electrons. The first kappa shape index (κ1) is 18.0. The van der Waals surface area contributed by atoms with Crippen LogP contribution in [0, 0.1) is 5.92 Å². The molecule has 0 saturated heterocycles. The molecule has 0 fully saturated rings. The Morgan fingerprint density at radius 2 is 1.83 bits per heavy atom. The van der Waals surface area contributed by atoms with Crippen LogP contribution < -0.4 is 11.5 Å². The number of aromatic hydroxyl groups is 1. The number of hydrogen-bond acceptors (Lipinski definition) is 4. The lowest BCUT2D eigenvalue weighted by Gasteiger charge is -2.25. The van der Waals surface area contributed by atoms with Gasteiger partial charge in [-0.05, 0) is 42.0 Å². The average Bonchev–Trinajstić information content (AvgIpc) is 2.59. The third kappa shape index (κ3) is 4.34. The van der Waals surface area contributed by atoms with Gasteiger partial charge in [-0.3, -0.25) is 4.79 Å². The van der Waals surface area contributed by atoms with Crippen molar-refractivity contribution < 1.29 is 15.0 Å². The molecule has 5 heteroatoms. The summed E-state index contributed by atoms with van der Waals surface area (Å²) in [5.41, 5.74) is 13.1. The molecule has 5 nitrogen and oxygen atoms in total. The number of nitrogens with two attached hydrogens (primary N) is 2. The Labute approximate surface area is 141 Å². The van der Waals surface area contributed by atoms with Crippen LogP contribution in [0.15, 0.2) is 48.5 Å². The lowest BCUT2D eigenvalue weighted by atomic mass is 9.88. The maximum absolute atomic E-state index is 11.3. The monoisotopic (exact) mass is 328 g/mol. The Kier molecular flexibility index (Phi) is 5.95. The smallest absolute Gasteiger partial charge is 0.252 e. The molecule has 2 rings (SSSR count). The summed E-state index contributed by atoms with van der Waals surface area (Å²) in [6.07, 6.45) is 0.780. The lowest BCUT2D eigenvalue weighted by Crippen LogP contribution is -2.35. The Balaban J connectivity index is 2.04. The zero-order valence-electron chi connectivity index (χ0n) is 13.7. The number of benzene rings is 2. The molecule has 1 amide bonds. The van der Waals surface area contributed by atoms with Crippen molar-refractivity contribution in [2.24, 2.45) is 17.4 Å². The highest BCUT2D eigenvalue weighted by Crippen LogP contribution is 2.27. The van der Waals surface area contributed by atoms with Gasteiger partial charge in [0.25, 0.3) is 5.91 Å². The van der Waals surface area contributed by atoms with Crippen LogP contribution in [-0.4, -0.2) is 22.2 Å². The molecule has 0 aliphatic carbocycles. The first-order chi connectivity index (χ1) is 11.4. The van der Waals surface area contributed by atoms with Gasteiger partial charge in [-0.25, -0.2) is 0 Å². The molecule has 2 aromatic rings. The number of aryl methyl sites for hydroxylation is 1. The van der Waals surface area contributed by atoms with Crippen LogP contribution in [0.1, 0.15) is 40.9 Å². The number of carbonyl (C=O) groups excluding carboxylic acids is 1. The number of carbonyl (C=O) groups is 1. The molecule has 3 atom stereocenters. The summed E-state index contributed by atoms with van der Waals surface area (Å²) >= 11 is 0. The van der Waals surface area contributed by atoms with E-state index in [0.717, 1.165) is 12.8 Å². The van der Waals surface area contributed by atoms with E-state index in [1.54, 1.807) is 6.07 Å². The Hall–Kier alpha value is -2.37. The number of rotatable bonds is 7. The van der Waals surface area contributed by atoms with E-state index in [4.69, 9.17) is 11.5 Å². The van der Waals surface area contributed by atoms with E-state index in [1.807, 2.05) is 25.1 Å². The number of aliphatic hydroxyl groups excluding tert-OH is 1. The summed E-state index contributed by atoms with van der Waals surface area (Å²) in [7, 11) is 0. The van der Waals surface area contributed by atoms with Crippen molar-refractivity contribution in [2.75, 3.05) is 0 Å². The summed E-state index contributed by atoms with van der Waals surface area (Å²) < 4.78 is 0. The number of phenols is 1. The summed E-state index contributed by atoms with van der Waals surface area (Å²) in [4.78, 5) is 11.3. The van der Waals surface area contributed by atoms with E-state index in [-0.39, 0.29) is 17.2 Å². The molecule has 0 aliphatic heterocycles. The molecule has 6 N–H and O–H groups in total. The maximum Gasteiger partial charge on any atom is 0.252 e. The third-order valence-electron chi connectivity index (χ3n) is 4.38. The highest BCUT2D eigenvalue weighted by atomic mass is 16.3. The number of primary amides is 1. The molecular weight excluding hydrogens is 304 g/mol. The second-order valence-electron chi connectivity index (χ2n) is 6.16. The molecule has 0 aromatic heterocycles. The van der Waals surface area contributed by atoms with Crippen molar-refractivity contribution in [3.63, 3.8) is 0 Å². The van der Waals surface area contributed by atoms with Crippen LogP contribution in [0.5, 0.6) is 5.75 Å². The summed E-state index contributed by atoms with van der Waals surface area (Å²) in [5, 5.41) is 20.1. The van der Waals surface area contributed by atoms with Crippen molar-refractivity contribution in [1.29, 1.82) is 0 Å². The summed E-state index contributed by atoms with van der Waals surface area (Å²) in [6.45, 7) is 1.99. The minimum absolute atomic E-state index is 0.0179. The van der Waals surface area contributed by atoms with Gasteiger partial charge in [0.15, 0.2) is 0 Å². The van der Waals surface area contributed by atoms with Crippen LogP contribution in [0.3, 0.4) is 0 Å². The normalized spacial score (nSPS) is 14.8. The van der Waals surface area contributed by atoms with E-state index in [0.29, 0.717) is 5.56 Å². The molecular formula is C19H24N2O3. The molecule has 0 spiro atoms. The van der Waals surface area contributed by atoms with Gasteiger partial charge in [0, 0.05) is 6.04 Å². The van der Waals surface area contributed by atoms with E-state index in [1.165, 1.54) is 17.7 Å². The van der Waals surface area contributed by atoms with Gasteiger partial charge in [-0.2, -0.15) is 0 Å². The summed E-state index contributed by atoms with van der Waals surface area (Å²) in [6, 6.07) is 13.9. The van der Waals surface area contributed by atoms with Gasteiger partial charge in [-0.1, -0.05) is 43.3 Å². The maximum atomic E-state index is 11.3. The van der Waals surface area contributed by atoms with Gasteiger partial charge in [0.1, 0.15) is 5.75 Å². The molecule has 0 aliphatic rings. The van der Waals surface area contributed by atoms with Crippen LogP contribution in [0.4, 0.5) is 0 Å². The lowest BCUT2D eigenvalue weighted by molar-refractivity contribution is 0.0996. The standard InChI is InChI=1S/C19H24N2O3/c1-12(7-8-13-5-3-2-4-6-13)17(20)18(23)14-9-10-16(22)15(11-14)19(21)24/h2-6,9-12,17-18,22-23H,7-8,20H2,1H3,(H2,21,24)/t12-,17-,18?/m1/s1. The van der Waals surface area contributed by atoms with Gasteiger partial charge in [-0.15, -0.1) is 0 Å². The van der Waals surface area contributed by atoms with Crippen molar-refractivity contribution in [3.05, 3.63) is 65.2 Å². The highest BCUT2D eigenvalue weighted by molar-refractivity contribution is 5.95. The summed E-state index contributed by atoms with van der Waals surface area (Å²) in [5.74, 6) is -0.873. The fourth-order valence-corrected chi connectivity index (χ4v) is 2.70. The van der Waals surface area contributed by atoms with E-state index in [9.17, 15) is 15.0 Å². The zero-order chi connectivity index (χ0) is 17.7. The van der Waals surface area contributed by atoms with Crippen LogP contribution in [-0.2, 0) is 6.42 Å². The first-order valence-corrected chi connectivity index (χ1v) is 8.00. The molecule has 0 bridgehead atoms. The van der Waals surface area contributed by atoms with E-state index >= 15 is 0 Å². The minimum Gasteiger partial charge on any atom is -0.507 e. The molecule has 0 heterocycles. The Morgan fingerprint density at radius 3 is 2.46 bits per heavy atom. The molecule has 128 valence electrons. The van der Waals surface area contributed by atoms with Crippen LogP contribution in [0.25, 0.3) is 0 Å². The number of hydrogen-bond donors (Lipinski definition) is 4. The zero-order valence-corrected chi connectivity index (χ0v) is 13.7. The van der Waals surface area contributed by atoms with Gasteiger partial charge >= 0.3 is 0 Å². The molecule has 0 saturated carbocycles. The quantitative estimate of drug-likeness (QED) is 0.624. The largest absolute Gasteiger partial charge is 0.507 e. The van der Waals surface area contributed by atoms with Crippen molar-refractivity contribution in [1.82, 2.24) is 0 Å². The van der Waals surface area contributed by atoms with Crippen molar-refractivity contribution in [2.45, 2.75) is 31.9 Å². The third-order valence-corrected chi connectivity index (χ3v) is 4.38. The minimum atomic E-state index is -0.936. The second kappa shape index (κ2) is 7.95. The Bertz CT molecular complexity index is 688. The Morgan fingerprint density at radius 1 is 1.17 bits per heavy atom. The van der Waals surface area contributed by atoms with Crippen LogP contribution in [0.2, 0.25) is 0 Å². The molecule has 24 heavy (non-hydrogen) atoms. The highest BCUT2D eigenvalue weighted by Gasteiger charge is 2.24. The van der Waals surface area contributed by atoms with Crippen molar-refractivity contribution in [3.8, 4) is 5.75 Å². The van der Waals surface area contributed by atoms with E-state index in [2.05, 4.69) is 12.1 Å². The van der Waals surface area contributed by atoms with Gasteiger partial charge < -0.3 is 21.7 Å².